The Morgan fingerprint density at radius 2 is 2.00 bits per heavy atom. The number of ether oxygens (including phenoxy) is 2. The van der Waals surface area contributed by atoms with Crippen molar-refractivity contribution in [3.05, 3.63) is 29.8 Å². The lowest BCUT2D eigenvalue weighted by Crippen LogP contribution is -2.32. The van der Waals surface area contributed by atoms with Gasteiger partial charge in [0.15, 0.2) is 0 Å². The third-order valence-corrected chi connectivity index (χ3v) is 1.93. The Hall–Kier alpha value is -1.06. The molecule has 0 spiro atoms. The molecule has 1 unspecified atom stereocenters. The Morgan fingerprint density at radius 3 is 2.64 bits per heavy atom. The quantitative estimate of drug-likeness (QED) is 0.771. The molecule has 0 amide bonds. The van der Waals surface area contributed by atoms with E-state index in [0.29, 0.717) is 13.2 Å². The van der Waals surface area contributed by atoms with Gasteiger partial charge in [-0.15, -0.1) is 0 Å². The second-order valence-corrected chi connectivity index (χ2v) is 3.29. The molecule has 1 aromatic carbocycles. The maximum atomic E-state index is 5.73. The summed E-state index contributed by atoms with van der Waals surface area (Å²) in [7, 11) is 1.63. The molecule has 1 rings (SSSR count). The van der Waals surface area contributed by atoms with Crippen molar-refractivity contribution in [3.63, 3.8) is 0 Å². The number of methoxy groups -OCH3 is 1. The lowest BCUT2D eigenvalue weighted by Gasteiger charge is -2.13. The molecule has 0 saturated carbocycles. The molecule has 1 aromatic rings. The molecule has 0 aliphatic carbocycles. The number of aryl methyl sites for hydroxylation is 1. The zero-order chi connectivity index (χ0) is 10.4. The van der Waals surface area contributed by atoms with Crippen LogP contribution in [0.5, 0.6) is 5.75 Å². The molecule has 0 aromatic heterocycles. The van der Waals surface area contributed by atoms with Crippen molar-refractivity contribution in [2.24, 2.45) is 5.73 Å². The fourth-order valence-corrected chi connectivity index (χ4v) is 1.18. The summed E-state index contributed by atoms with van der Waals surface area (Å²) in [4.78, 5) is 0. The van der Waals surface area contributed by atoms with Crippen LogP contribution >= 0.6 is 0 Å². The summed E-state index contributed by atoms with van der Waals surface area (Å²) in [5.41, 5.74) is 6.85. The van der Waals surface area contributed by atoms with E-state index in [-0.39, 0.29) is 6.04 Å². The van der Waals surface area contributed by atoms with Gasteiger partial charge < -0.3 is 15.2 Å². The Bertz CT molecular complexity index is 276. The molecule has 0 radical (unpaired) electrons. The molecule has 1 atom stereocenters. The van der Waals surface area contributed by atoms with E-state index in [1.54, 1.807) is 7.11 Å². The zero-order valence-corrected chi connectivity index (χ0v) is 8.69. The maximum absolute atomic E-state index is 5.73. The van der Waals surface area contributed by atoms with E-state index in [9.17, 15) is 0 Å². The molecule has 14 heavy (non-hydrogen) atoms. The molecule has 0 saturated heterocycles. The van der Waals surface area contributed by atoms with Crippen molar-refractivity contribution in [2.75, 3.05) is 20.3 Å². The highest BCUT2D eigenvalue weighted by molar-refractivity contribution is 5.31. The third-order valence-electron chi connectivity index (χ3n) is 1.93. The van der Waals surface area contributed by atoms with Crippen LogP contribution in [0.2, 0.25) is 0 Å². The van der Waals surface area contributed by atoms with Crippen LogP contribution in [0, 0.1) is 6.92 Å². The Balaban J connectivity index is 2.41. The molecule has 3 heteroatoms. The highest BCUT2D eigenvalue weighted by atomic mass is 16.5. The molecule has 0 heterocycles. The van der Waals surface area contributed by atoms with Crippen LogP contribution in [0.4, 0.5) is 0 Å². The standard InChI is InChI=1S/C11H17NO2/c1-9-5-3-4-6-11(9)14-8-10(12)7-13-2/h3-6,10H,7-8,12H2,1-2H3. The summed E-state index contributed by atoms with van der Waals surface area (Å²) in [6, 6.07) is 7.81. The Labute approximate surface area is 84.8 Å². The van der Waals surface area contributed by atoms with Crippen LogP contribution < -0.4 is 10.5 Å². The van der Waals surface area contributed by atoms with E-state index >= 15 is 0 Å². The van der Waals surface area contributed by atoms with Gasteiger partial charge in [-0.3, -0.25) is 0 Å². The lowest BCUT2D eigenvalue weighted by atomic mass is 10.2. The van der Waals surface area contributed by atoms with Gasteiger partial charge in [0, 0.05) is 7.11 Å². The predicted molar refractivity (Wildman–Crippen MR) is 56.5 cm³/mol. The molecule has 3 nitrogen and oxygen atoms in total. The van der Waals surface area contributed by atoms with Crippen molar-refractivity contribution in [2.45, 2.75) is 13.0 Å². The first-order valence-corrected chi connectivity index (χ1v) is 4.67. The van der Waals surface area contributed by atoms with Crippen LogP contribution in [-0.4, -0.2) is 26.4 Å². The predicted octanol–water partition coefficient (Wildman–Crippen LogP) is 1.35. The van der Waals surface area contributed by atoms with E-state index < -0.39 is 0 Å². The Morgan fingerprint density at radius 1 is 1.29 bits per heavy atom. The summed E-state index contributed by atoms with van der Waals surface area (Å²) in [6.45, 7) is 3.02. The van der Waals surface area contributed by atoms with E-state index in [2.05, 4.69) is 0 Å². The number of hydrogen-bond acceptors (Lipinski definition) is 3. The van der Waals surface area contributed by atoms with Crippen molar-refractivity contribution in [3.8, 4) is 5.75 Å². The van der Waals surface area contributed by atoms with Crippen LogP contribution in [0.15, 0.2) is 24.3 Å². The number of nitrogens with two attached hydrogens (primary N) is 1. The number of para-hydroxylation sites is 1. The van der Waals surface area contributed by atoms with E-state index in [4.69, 9.17) is 15.2 Å². The van der Waals surface area contributed by atoms with Gasteiger partial charge in [-0.25, -0.2) is 0 Å². The minimum Gasteiger partial charge on any atom is -0.492 e. The topological polar surface area (TPSA) is 44.5 Å². The van der Waals surface area contributed by atoms with Crippen LogP contribution in [-0.2, 0) is 4.74 Å². The van der Waals surface area contributed by atoms with Gasteiger partial charge >= 0.3 is 0 Å². The second-order valence-electron chi connectivity index (χ2n) is 3.29. The van der Waals surface area contributed by atoms with E-state index in [1.807, 2.05) is 31.2 Å². The molecule has 0 aliphatic heterocycles. The van der Waals surface area contributed by atoms with Gasteiger partial charge in [0.2, 0.25) is 0 Å². The smallest absolute Gasteiger partial charge is 0.122 e. The van der Waals surface area contributed by atoms with Gasteiger partial charge in [0.25, 0.3) is 0 Å². The average molecular weight is 195 g/mol. The summed E-state index contributed by atoms with van der Waals surface area (Å²) in [5, 5.41) is 0. The molecule has 0 fully saturated rings. The average Bonchev–Trinajstić information content (AvgIpc) is 2.17. The lowest BCUT2D eigenvalue weighted by molar-refractivity contribution is 0.152. The molecular weight excluding hydrogens is 178 g/mol. The third kappa shape index (κ3) is 3.36. The Kier molecular flexibility index (Phi) is 4.43. The molecule has 0 aliphatic rings. The highest BCUT2D eigenvalue weighted by Gasteiger charge is 2.03. The first-order chi connectivity index (χ1) is 6.74. The van der Waals surface area contributed by atoms with Crippen molar-refractivity contribution in [1.82, 2.24) is 0 Å². The minimum absolute atomic E-state index is 0.0698. The molecule has 2 N–H and O–H groups in total. The van der Waals surface area contributed by atoms with E-state index in [1.165, 1.54) is 0 Å². The fourth-order valence-electron chi connectivity index (χ4n) is 1.18. The van der Waals surface area contributed by atoms with Gasteiger partial charge in [-0.2, -0.15) is 0 Å². The zero-order valence-electron chi connectivity index (χ0n) is 8.69. The first-order valence-electron chi connectivity index (χ1n) is 4.67. The number of rotatable bonds is 5. The summed E-state index contributed by atoms with van der Waals surface area (Å²) < 4.78 is 10.5. The van der Waals surface area contributed by atoms with Crippen molar-refractivity contribution < 1.29 is 9.47 Å². The summed E-state index contributed by atoms with van der Waals surface area (Å²) >= 11 is 0. The van der Waals surface area contributed by atoms with Crippen molar-refractivity contribution >= 4 is 0 Å². The van der Waals surface area contributed by atoms with Crippen LogP contribution in [0.1, 0.15) is 5.56 Å². The van der Waals surface area contributed by atoms with Gasteiger partial charge in [0.05, 0.1) is 12.6 Å². The first kappa shape index (κ1) is 11.0. The SMILES string of the molecule is COCC(N)COc1ccccc1C. The minimum atomic E-state index is -0.0698. The summed E-state index contributed by atoms with van der Waals surface area (Å²) in [5.74, 6) is 0.888. The highest BCUT2D eigenvalue weighted by Crippen LogP contribution is 2.15. The van der Waals surface area contributed by atoms with Crippen LogP contribution in [0.25, 0.3) is 0 Å². The van der Waals surface area contributed by atoms with Gasteiger partial charge in [0.1, 0.15) is 12.4 Å². The molecule has 78 valence electrons. The molecular formula is C11H17NO2. The second kappa shape index (κ2) is 5.62. The maximum Gasteiger partial charge on any atom is 0.122 e. The van der Waals surface area contributed by atoms with Crippen LogP contribution in [0.3, 0.4) is 0 Å². The van der Waals surface area contributed by atoms with Gasteiger partial charge in [-0.1, -0.05) is 18.2 Å². The summed E-state index contributed by atoms with van der Waals surface area (Å²) in [6.07, 6.45) is 0. The normalized spacial score (nSPS) is 12.5. The van der Waals surface area contributed by atoms with E-state index in [0.717, 1.165) is 11.3 Å². The monoisotopic (exact) mass is 195 g/mol. The van der Waals surface area contributed by atoms with Crippen molar-refractivity contribution in [1.29, 1.82) is 0 Å². The molecule has 0 bridgehead atoms. The van der Waals surface area contributed by atoms with Gasteiger partial charge in [-0.05, 0) is 18.6 Å². The number of hydrogen-bond donors (Lipinski definition) is 1. The fraction of sp³-hybridized carbons (Fsp3) is 0.455. The number of benzene rings is 1. The largest absolute Gasteiger partial charge is 0.492 e.